The molecule has 0 saturated carbocycles. The average Bonchev–Trinajstić information content (AvgIpc) is 2.26. The monoisotopic (exact) mass is 205 g/mol. The van der Waals surface area contributed by atoms with Gasteiger partial charge in [-0.25, -0.2) is 0 Å². The van der Waals surface area contributed by atoms with Gasteiger partial charge in [-0.15, -0.1) is 0 Å². The van der Waals surface area contributed by atoms with Crippen LogP contribution in [0.1, 0.15) is 31.7 Å². The fourth-order valence-corrected chi connectivity index (χ4v) is 2.13. The third-order valence-electron chi connectivity index (χ3n) is 3.06. The molecule has 1 aliphatic heterocycles. The Morgan fingerprint density at radius 3 is 3.00 bits per heavy atom. The first kappa shape index (κ1) is 10.5. The summed E-state index contributed by atoms with van der Waals surface area (Å²) in [5.41, 5.74) is 7.44. The Hall–Kier alpha value is -1.02. The zero-order chi connectivity index (χ0) is 10.7. The zero-order valence-electron chi connectivity index (χ0n) is 9.33. The second kappa shape index (κ2) is 4.23. The molecular weight excluding hydrogens is 186 g/mol. The van der Waals surface area contributed by atoms with Gasteiger partial charge < -0.3 is 10.5 Å². The van der Waals surface area contributed by atoms with Crippen molar-refractivity contribution in [3.8, 4) is 5.75 Å². The van der Waals surface area contributed by atoms with E-state index in [9.17, 15) is 0 Å². The largest absolute Gasteiger partial charge is 0.491 e. The van der Waals surface area contributed by atoms with Crippen LogP contribution in [0, 0.1) is 0 Å². The van der Waals surface area contributed by atoms with Gasteiger partial charge in [0.15, 0.2) is 0 Å². The molecule has 1 aliphatic rings. The molecular formula is C13H19NO. The van der Waals surface area contributed by atoms with Crippen LogP contribution in [0.25, 0.3) is 0 Å². The van der Waals surface area contributed by atoms with Gasteiger partial charge in [-0.05, 0) is 24.5 Å². The molecule has 2 heteroatoms. The van der Waals surface area contributed by atoms with E-state index in [0.717, 1.165) is 18.6 Å². The third-order valence-corrected chi connectivity index (χ3v) is 3.06. The van der Waals surface area contributed by atoms with Gasteiger partial charge in [-0.1, -0.05) is 38.0 Å². The summed E-state index contributed by atoms with van der Waals surface area (Å²) in [5.74, 6) is 1.01. The molecule has 1 unspecified atom stereocenters. The molecule has 0 aliphatic carbocycles. The SMILES string of the molecule is CCCCC1(N)COc2ccccc2C1. The summed E-state index contributed by atoms with van der Waals surface area (Å²) in [6.07, 6.45) is 4.38. The van der Waals surface area contributed by atoms with Crippen LogP contribution in [0.3, 0.4) is 0 Å². The van der Waals surface area contributed by atoms with Crippen molar-refractivity contribution in [3.05, 3.63) is 29.8 Å². The molecule has 2 N–H and O–H groups in total. The molecule has 0 amide bonds. The Kier molecular flexibility index (Phi) is 2.96. The summed E-state index contributed by atoms with van der Waals surface area (Å²) in [7, 11) is 0. The molecule has 0 aromatic heterocycles. The van der Waals surface area contributed by atoms with Crippen LogP contribution in [0.2, 0.25) is 0 Å². The van der Waals surface area contributed by atoms with Gasteiger partial charge in [-0.3, -0.25) is 0 Å². The lowest BCUT2D eigenvalue weighted by molar-refractivity contribution is 0.179. The Morgan fingerprint density at radius 2 is 2.20 bits per heavy atom. The normalized spacial score (nSPS) is 24.4. The van der Waals surface area contributed by atoms with E-state index in [1.54, 1.807) is 0 Å². The van der Waals surface area contributed by atoms with Gasteiger partial charge in [0.1, 0.15) is 12.4 Å². The number of benzene rings is 1. The average molecular weight is 205 g/mol. The zero-order valence-corrected chi connectivity index (χ0v) is 9.33. The van der Waals surface area contributed by atoms with E-state index < -0.39 is 0 Å². The number of rotatable bonds is 3. The van der Waals surface area contributed by atoms with Crippen LogP contribution < -0.4 is 10.5 Å². The topological polar surface area (TPSA) is 35.2 Å². The van der Waals surface area contributed by atoms with Crippen molar-refractivity contribution in [2.75, 3.05) is 6.61 Å². The fraction of sp³-hybridized carbons (Fsp3) is 0.538. The quantitative estimate of drug-likeness (QED) is 0.823. The number of unbranched alkanes of at least 4 members (excludes halogenated alkanes) is 1. The number of ether oxygens (including phenoxy) is 1. The minimum Gasteiger partial charge on any atom is -0.491 e. The van der Waals surface area contributed by atoms with Gasteiger partial charge in [0.25, 0.3) is 0 Å². The maximum absolute atomic E-state index is 6.33. The molecule has 15 heavy (non-hydrogen) atoms. The predicted molar refractivity (Wildman–Crippen MR) is 62.1 cm³/mol. The molecule has 0 fully saturated rings. The first-order chi connectivity index (χ1) is 7.23. The molecule has 0 saturated heterocycles. The minimum atomic E-state index is -0.148. The maximum atomic E-state index is 6.33. The van der Waals surface area contributed by atoms with Gasteiger partial charge in [-0.2, -0.15) is 0 Å². The van der Waals surface area contributed by atoms with Gasteiger partial charge >= 0.3 is 0 Å². The molecule has 2 rings (SSSR count). The van der Waals surface area contributed by atoms with E-state index in [-0.39, 0.29) is 5.54 Å². The predicted octanol–water partition coefficient (Wildman–Crippen LogP) is 2.51. The minimum absolute atomic E-state index is 0.148. The molecule has 0 radical (unpaired) electrons. The molecule has 0 bridgehead atoms. The summed E-state index contributed by atoms with van der Waals surface area (Å²) in [5, 5.41) is 0. The van der Waals surface area contributed by atoms with Crippen molar-refractivity contribution in [2.24, 2.45) is 5.73 Å². The van der Waals surface area contributed by atoms with Crippen LogP contribution in [0.5, 0.6) is 5.75 Å². The number of hydrogen-bond donors (Lipinski definition) is 1. The molecule has 1 aromatic rings. The molecule has 1 atom stereocenters. The number of nitrogens with two attached hydrogens (primary N) is 1. The van der Waals surface area contributed by atoms with E-state index >= 15 is 0 Å². The standard InChI is InChI=1S/C13H19NO/c1-2-3-8-13(14)9-11-6-4-5-7-12(11)15-10-13/h4-7H,2-3,8-10,14H2,1H3. The number of para-hydroxylation sites is 1. The molecule has 1 heterocycles. The van der Waals surface area contributed by atoms with Crippen molar-refractivity contribution in [2.45, 2.75) is 38.1 Å². The molecule has 1 aromatic carbocycles. The number of fused-ring (bicyclic) bond motifs is 1. The van der Waals surface area contributed by atoms with Crippen molar-refractivity contribution in [1.82, 2.24) is 0 Å². The molecule has 82 valence electrons. The Labute approximate surface area is 91.4 Å². The Morgan fingerprint density at radius 1 is 1.40 bits per heavy atom. The first-order valence-electron chi connectivity index (χ1n) is 5.73. The van der Waals surface area contributed by atoms with Gasteiger partial charge in [0, 0.05) is 0 Å². The molecule has 2 nitrogen and oxygen atoms in total. The van der Waals surface area contributed by atoms with Crippen LogP contribution in [-0.2, 0) is 6.42 Å². The van der Waals surface area contributed by atoms with Crippen molar-refractivity contribution in [3.63, 3.8) is 0 Å². The van der Waals surface area contributed by atoms with E-state index in [4.69, 9.17) is 10.5 Å². The second-order valence-corrected chi connectivity index (χ2v) is 4.54. The lowest BCUT2D eigenvalue weighted by atomic mass is 9.85. The number of hydrogen-bond acceptors (Lipinski definition) is 2. The highest BCUT2D eigenvalue weighted by Gasteiger charge is 2.30. The summed E-state index contributed by atoms with van der Waals surface area (Å²) < 4.78 is 5.71. The highest BCUT2D eigenvalue weighted by Crippen LogP contribution is 2.30. The third kappa shape index (κ3) is 2.32. The van der Waals surface area contributed by atoms with Crippen LogP contribution in [-0.4, -0.2) is 12.1 Å². The van der Waals surface area contributed by atoms with Crippen LogP contribution in [0.15, 0.2) is 24.3 Å². The van der Waals surface area contributed by atoms with Gasteiger partial charge in [0.05, 0.1) is 5.54 Å². The first-order valence-corrected chi connectivity index (χ1v) is 5.73. The fourth-order valence-electron chi connectivity index (χ4n) is 2.13. The maximum Gasteiger partial charge on any atom is 0.122 e. The van der Waals surface area contributed by atoms with Crippen molar-refractivity contribution < 1.29 is 4.74 Å². The van der Waals surface area contributed by atoms with Crippen molar-refractivity contribution >= 4 is 0 Å². The second-order valence-electron chi connectivity index (χ2n) is 4.54. The Balaban J connectivity index is 2.10. The highest BCUT2D eigenvalue weighted by atomic mass is 16.5. The Bertz CT molecular complexity index is 337. The summed E-state index contributed by atoms with van der Waals surface area (Å²) in [4.78, 5) is 0. The summed E-state index contributed by atoms with van der Waals surface area (Å²) >= 11 is 0. The van der Waals surface area contributed by atoms with Crippen LogP contribution in [0.4, 0.5) is 0 Å². The summed E-state index contributed by atoms with van der Waals surface area (Å²) in [6, 6.07) is 8.19. The smallest absolute Gasteiger partial charge is 0.122 e. The van der Waals surface area contributed by atoms with E-state index in [0.29, 0.717) is 6.61 Å². The lowest BCUT2D eigenvalue weighted by Crippen LogP contribution is -2.49. The lowest BCUT2D eigenvalue weighted by Gasteiger charge is -2.34. The van der Waals surface area contributed by atoms with E-state index in [1.807, 2.05) is 18.2 Å². The van der Waals surface area contributed by atoms with E-state index in [2.05, 4.69) is 13.0 Å². The highest BCUT2D eigenvalue weighted by molar-refractivity contribution is 5.36. The van der Waals surface area contributed by atoms with Crippen LogP contribution >= 0.6 is 0 Å². The van der Waals surface area contributed by atoms with Gasteiger partial charge in [0.2, 0.25) is 0 Å². The molecule has 0 spiro atoms. The van der Waals surface area contributed by atoms with E-state index in [1.165, 1.54) is 18.4 Å². The summed E-state index contributed by atoms with van der Waals surface area (Å²) in [6.45, 7) is 2.85. The van der Waals surface area contributed by atoms with Crippen molar-refractivity contribution in [1.29, 1.82) is 0 Å².